The van der Waals surface area contributed by atoms with E-state index in [1.54, 1.807) is 6.20 Å². The molecule has 1 unspecified atom stereocenters. The van der Waals surface area contributed by atoms with Crippen molar-refractivity contribution in [3.63, 3.8) is 0 Å². The number of pyridine rings is 1. The third-order valence-corrected chi connectivity index (χ3v) is 4.18. The summed E-state index contributed by atoms with van der Waals surface area (Å²) in [5.74, 6) is 1.03. The van der Waals surface area contributed by atoms with E-state index in [0.29, 0.717) is 5.92 Å². The van der Waals surface area contributed by atoms with E-state index in [-0.39, 0.29) is 11.8 Å². The zero-order valence-corrected chi connectivity index (χ0v) is 11.8. The van der Waals surface area contributed by atoms with Gasteiger partial charge in [0.25, 0.3) is 0 Å². The van der Waals surface area contributed by atoms with E-state index >= 15 is 0 Å². The number of carbonyl (C=O) groups excluding carboxylic acids is 1. The molecule has 2 rings (SSSR count). The van der Waals surface area contributed by atoms with E-state index in [2.05, 4.69) is 23.3 Å². The maximum atomic E-state index is 12.0. The van der Waals surface area contributed by atoms with Gasteiger partial charge in [0, 0.05) is 24.9 Å². The van der Waals surface area contributed by atoms with E-state index in [4.69, 9.17) is 0 Å². The Labute approximate surface area is 115 Å². The minimum atomic E-state index is 0.181. The molecule has 3 heteroatoms. The van der Waals surface area contributed by atoms with Crippen molar-refractivity contribution in [1.82, 2.24) is 10.3 Å². The Hall–Kier alpha value is -1.38. The second-order valence-corrected chi connectivity index (χ2v) is 5.59. The maximum Gasteiger partial charge on any atom is 0.223 e. The summed E-state index contributed by atoms with van der Waals surface area (Å²) in [7, 11) is 0. The summed E-state index contributed by atoms with van der Waals surface area (Å²) >= 11 is 0. The van der Waals surface area contributed by atoms with Crippen molar-refractivity contribution >= 4 is 5.91 Å². The summed E-state index contributed by atoms with van der Waals surface area (Å²) in [6, 6.07) is 4.03. The number of amides is 1. The number of hydrogen-bond acceptors (Lipinski definition) is 2. The highest BCUT2D eigenvalue weighted by Crippen LogP contribution is 2.31. The first-order valence-electron chi connectivity index (χ1n) is 7.44. The molecule has 104 valence electrons. The van der Waals surface area contributed by atoms with Crippen LogP contribution in [-0.2, 0) is 11.2 Å². The van der Waals surface area contributed by atoms with Gasteiger partial charge in [-0.2, -0.15) is 0 Å². The van der Waals surface area contributed by atoms with Crippen LogP contribution in [0.4, 0.5) is 0 Å². The SMILES string of the molecule is CC(C(=O)NCCCc1cccnc1)C1CCCC1. The summed E-state index contributed by atoms with van der Waals surface area (Å²) in [6.07, 6.45) is 10.7. The highest BCUT2D eigenvalue weighted by Gasteiger charge is 2.26. The minimum Gasteiger partial charge on any atom is -0.356 e. The lowest BCUT2D eigenvalue weighted by Crippen LogP contribution is -2.33. The van der Waals surface area contributed by atoms with Crippen LogP contribution in [0.15, 0.2) is 24.5 Å². The van der Waals surface area contributed by atoms with Gasteiger partial charge in [-0.3, -0.25) is 9.78 Å². The lowest BCUT2D eigenvalue weighted by molar-refractivity contribution is -0.126. The number of aromatic nitrogens is 1. The van der Waals surface area contributed by atoms with Gasteiger partial charge in [-0.1, -0.05) is 25.8 Å². The van der Waals surface area contributed by atoms with Crippen LogP contribution in [0, 0.1) is 11.8 Å². The van der Waals surface area contributed by atoms with Crippen molar-refractivity contribution in [2.45, 2.75) is 45.4 Å². The molecule has 0 aliphatic heterocycles. The van der Waals surface area contributed by atoms with E-state index in [1.165, 1.54) is 31.2 Å². The molecule has 1 aromatic heterocycles. The lowest BCUT2D eigenvalue weighted by Gasteiger charge is -2.18. The summed E-state index contributed by atoms with van der Waals surface area (Å²) < 4.78 is 0. The van der Waals surface area contributed by atoms with E-state index in [1.807, 2.05) is 12.3 Å². The molecule has 0 spiro atoms. The molecule has 1 saturated carbocycles. The maximum absolute atomic E-state index is 12.0. The Kier molecular flexibility index (Phi) is 5.37. The summed E-state index contributed by atoms with van der Waals surface area (Å²) in [5.41, 5.74) is 1.24. The van der Waals surface area contributed by atoms with Crippen LogP contribution in [-0.4, -0.2) is 17.4 Å². The molecular formula is C16H24N2O. The van der Waals surface area contributed by atoms with Crippen molar-refractivity contribution in [2.75, 3.05) is 6.54 Å². The molecule has 1 aliphatic rings. The Morgan fingerprint density at radius 1 is 1.47 bits per heavy atom. The quantitative estimate of drug-likeness (QED) is 0.799. The van der Waals surface area contributed by atoms with Gasteiger partial charge in [0.2, 0.25) is 5.91 Å². The first-order valence-corrected chi connectivity index (χ1v) is 7.44. The van der Waals surface area contributed by atoms with Crippen LogP contribution >= 0.6 is 0 Å². The Bertz CT molecular complexity index is 385. The standard InChI is InChI=1S/C16H24N2O/c1-13(15-8-2-3-9-15)16(19)18-11-5-7-14-6-4-10-17-12-14/h4,6,10,12-13,15H,2-3,5,7-9,11H2,1H3,(H,18,19). The average molecular weight is 260 g/mol. The molecule has 1 N–H and O–H groups in total. The fraction of sp³-hybridized carbons (Fsp3) is 0.625. The molecule has 1 fully saturated rings. The zero-order chi connectivity index (χ0) is 13.5. The molecule has 3 nitrogen and oxygen atoms in total. The van der Waals surface area contributed by atoms with Crippen molar-refractivity contribution in [3.05, 3.63) is 30.1 Å². The van der Waals surface area contributed by atoms with Crippen LogP contribution < -0.4 is 5.32 Å². The molecule has 1 amide bonds. The molecular weight excluding hydrogens is 236 g/mol. The first-order chi connectivity index (χ1) is 9.27. The van der Waals surface area contributed by atoms with Crippen molar-refractivity contribution in [3.8, 4) is 0 Å². The van der Waals surface area contributed by atoms with Gasteiger partial charge < -0.3 is 5.32 Å². The molecule has 1 aromatic rings. The summed E-state index contributed by atoms with van der Waals surface area (Å²) in [4.78, 5) is 16.1. The van der Waals surface area contributed by atoms with Crippen LogP contribution in [0.2, 0.25) is 0 Å². The summed E-state index contributed by atoms with van der Waals surface area (Å²) in [6.45, 7) is 2.84. The van der Waals surface area contributed by atoms with Gasteiger partial charge in [0.15, 0.2) is 0 Å². The van der Waals surface area contributed by atoms with Gasteiger partial charge in [0.1, 0.15) is 0 Å². The van der Waals surface area contributed by atoms with Gasteiger partial charge in [-0.25, -0.2) is 0 Å². The number of rotatable bonds is 6. The van der Waals surface area contributed by atoms with Gasteiger partial charge >= 0.3 is 0 Å². The number of nitrogens with zero attached hydrogens (tertiary/aromatic N) is 1. The topological polar surface area (TPSA) is 42.0 Å². The minimum absolute atomic E-state index is 0.181. The fourth-order valence-electron chi connectivity index (χ4n) is 2.88. The van der Waals surface area contributed by atoms with E-state index in [0.717, 1.165) is 19.4 Å². The molecule has 1 aliphatic carbocycles. The third-order valence-electron chi connectivity index (χ3n) is 4.18. The molecule has 0 bridgehead atoms. The van der Waals surface area contributed by atoms with Crippen LogP contribution in [0.25, 0.3) is 0 Å². The smallest absolute Gasteiger partial charge is 0.223 e. The van der Waals surface area contributed by atoms with Crippen molar-refractivity contribution in [2.24, 2.45) is 11.8 Å². The van der Waals surface area contributed by atoms with Gasteiger partial charge in [-0.05, 0) is 43.2 Å². The number of aryl methyl sites for hydroxylation is 1. The molecule has 0 aromatic carbocycles. The number of hydrogen-bond donors (Lipinski definition) is 1. The second kappa shape index (κ2) is 7.27. The largest absolute Gasteiger partial charge is 0.356 e. The average Bonchev–Trinajstić information content (AvgIpc) is 2.98. The lowest BCUT2D eigenvalue weighted by atomic mass is 9.92. The van der Waals surface area contributed by atoms with E-state index in [9.17, 15) is 4.79 Å². The van der Waals surface area contributed by atoms with Crippen LogP contribution in [0.1, 0.15) is 44.6 Å². The fourth-order valence-corrected chi connectivity index (χ4v) is 2.88. The van der Waals surface area contributed by atoms with Crippen LogP contribution in [0.5, 0.6) is 0 Å². The summed E-state index contributed by atoms with van der Waals surface area (Å²) in [5, 5.41) is 3.07. The Morgan fingerprint density at radius 3 is 2.95 bits per heavy atom. The molecule has 0 saturated heterocycles. The second-order valence-electron chi connectivity index (χ2n) is 5.59. The molecule has 1 atom stereocenters. The predicted octanol–water partition coefficient (Wildman–Crippen LogP) is 2.96. The monoisotopic (exact) mass is 260 g/mol. The number of carbonyl (C=O) groups is 1. The van der Waals surface area contributed by atoms with E-state index < -0.39 is 0 Å². The van der Waals surface area contributed by atoms with Crippen molar-refractivity contribution < 1.29 is 4.79 Å². The molecule has 1 heterocycles. The third kappa shape index (κ3) is 4.34. The molecule has 19 heavy (non-hydrogen) atoms. The Balaban J connectivity index is 1.63. The van der Waals surface area contributed by atoms with Crippen LogP contribution in [0.3, 0.4) is 0 Å². The Morgan fingerprint density at radius 2 is 2.26 bits per heavy atom. The van der Waals surface area contributed by atoms with Crippen molar-refractivity contribution in [1.29, 1.82) is 0 Å². The highest BCUT2D eigenvalue weighted by atomic mass is 16.1. The predicted molar refractivity (Wildman–Crippen MR) is 76.7 cm³/mol. The van der Waals surface area contributed by atoms with Gasteiger partial charge in [-0.15, -0.1) is 0 Å². The van der Waals surface area contributed by atoms with Gasteiger partial charge in [0.05, 0.1) is 0 Å². The first kappa shape index (κ1) is 14.0. The zero-order valence-electron chi connectivity index (χ0n) is 11.8. The molecule has 0 radical (unpaired) electrons. The number of nitrogens with one attached hydrogen (secondary N) is 1. The normalized spacial score (nSPS) is 17.3. The highest BCUT2D eigenvalue weighted by molar-refractivity contribution is 5.78.